The molecule has 1 radical (unpaired) electrons. The van der Waals surface area contributed by atoms with Crippen LogP contribution in [0, 0.1) is 0 Å². The lowest BCUT2D eigenvalue weighted by molar-refractivity contribution is 0.0919. The molecule has 0 amide bonds. The second-order valence-electron chi connectivity index (χ2n) is 2.31. The van der Waals surface area contributed by atoms with Gasteiger partial charge in [0, 0.05) is 0 Å². The van der Waals surface area contributed by atoms with Gasteiger partial charge in [-0.3, -0.25) is 4.84 Å². The van der Waals surface area contributed by atoms with Crippen LogP contribution in [0.2, 0.25) is 0 Å². The number of nitrogens with zero attached hydrogens (tertiary/aromatic N) is 1. The van der Waals surface area contributed by atoms with E-state index in [4.69, 9.17) is 0 Å². The predicted octanol–water partition coefficient (Wildman–Crippen LogP) is 1.87. The van der Waals surface area contributed by atoms with Crippen LogP contribution in [0.4, 0.5) is 0 Å². The highest BCUT2D eigenvalue weighted by molar-refractivity contribution is 5.48. The molecule has 12 heavy (non-hydrogen) atoms. The lowest BCUT2D eigenvalue weighted by atomic mass is 10.2. The summed E-state index contributed by atoms with van der Waals surface area (Å²) < 4.78 is 0. The molecule has 1 aromatic carbocycles. The molecule has 0 aliphatic heterocycles. The van der Waals surface area contributed by atoms with Crippen molar-refractivity contribution in [3.8, 4) is 0 Å². The third kappa shape index (κ3) is 3.32. The molecule has 1 rings (SSSR count). The van der Waals surface area contributed by atoms with E-state index in [1.54, 1.807) is 7.11 Å². The SMILES string of the molecule is CO[N]C/C=C/c1ccccc1. The first-order valence-electron chi connectivity index (χ1n) is 3.85. The number of hydrogen-bond acceptors (Lipinski definition) is 1. The van der Waals surface area contributed by atoms with Crippen LogP contribution in [-0.2, 0) is 4.84 Å². The minimum atomic E-state index is 0.603. The average molecular weight is 162 g/mol. The van der Waals surface area contributed by atoms with E-state index in [2.05, 4.69) is 10.3 Å². The second-order valence-corrected chi connectivity index (χ2v) is 2.31. The number of hydrogen-bond donors (Lipinski definition) is 0. The Labute approximate surface area is 72.8 Å². The molecule has 0 atom stereocenters. The molecule has 0 saturated heterocycles. The lowest BCUT2D eigenvalue weighted by Gasteiger charge is -1.91. The van der Waals surface area contributed by atoms with Gasteiger partial charge in [-0.1, -0.05) is 48.0 Å². The number of rotatable bonds is 4. The molecule has 0 bridgehead atoms. The fourth-order valence-corrected chi connectivity index (χ4v) is 0.871. The summed E-state index contributed by atoms with van der Waals surface area (Å²) in [5.74, 6) is 0. The van der Waals surface area contributed by atoms with Gasteiger partial charge in [0.25, 0.3) is 0 Å². The number of benzene rings is 1. The molecule has 2 heteroatoms. The van der Waals surface area contributed by atoms with Gasteiger partial charge in [-0.15, -0.1) is 0 Å². The molecule has 0 aliphatic carbocycles. The van der Waals surface area contributed by atoms with Crippen molar-refractivity contribution in [3.63, 3.8) is 0 Å². The maximum absolute atomic E-state index is 4.55. The van der Waals surface area contributed by atoms with Crippen LogP contribution in [0.15, 0.2) is 36.4 Å². The average Bonchev–Trinajstić information content (AvgIpc) is 2.14. The Morgan fingerprint density at radius 3 is 2.75 bits per heavy atom. The molecule has 0 aliphatic rings. The van der Waals surface area contributed by atoms with Crippen LogP contribution in [-0.4, -0.2) is 13.7 Å². The third-order valence-corrected chi connectivity index (χ3v) is 1.42. The van der Waals surface area contributed by atoms with Crippen LogP contribution in [0.5, 0.6) is 0 Å². The summed E-state index contributed by atoms with van der Waals surface area (Å²) in [6.45, 7) is 0.603. The maximum atomic E-state index is 4.55. The van der Waals surface area contributed by atoms with Crippen molar-refractivity contribution >= 4 is 6.08 Å². The fraction of sp³-hybridized carbons (Fsp3) is 0.200. The molecule has 0 unspecified atom stereocenters. The van der Waals surface area contributed by atoms with Crippen molar-refractivity contribution in [2.75, 3.05) is 13.7 Å². The Morgan fingerprint density at radius 1 is 1.33 bits per heavy atom. The molecule has 0 aromatic heterocycles. The minimum Gasteiger partial charge on any atom is -0.285 e. The zero-order valence-corrected chi connectivity index (χ0v) is 7.10. The van der Waals surface area contributed by atoms with E-state index in [0.717, 1.165) is 0 Å². The minimum absolute atomic E-state index is 0.603. The molecule has 0 saturated carbocycles. The van der Waals surface area contributed by atoms with Gasteiger partial charge in [-0.2, -0.15) is 0 Å². The summed E-state index contributed by atoms with van der Waals surface area (Å²) in [7, 11) is 1.55. The van der Waals surface area contributed by atoms with Crippen molar-refractivity contribution in [3.05, 3.63) is 42.0 Å². The predicted molar refractivity (Wildman–Crippen MR) is 49.5 cm³/mol. The maximum Gasteiger partial charge on any atom is 0.0611 e. The summed E-state index contributed by atoms with van der Waals surface area (Å²) in [6, 6.07) is 10.1. The second kappa shape index (κ2) is 5.52. The Morgan fingerprint density at radius 2 is 2.08 bits per heavy atom. The third-order valence-electron chi connectivity index (χ3n) is 1.42. The van der Waals surface area contributed by atoms with Gasteiger partial charge in [-0.05, 0) is 5.56 Å². The summed E-state index contributed by atoms with van der Waals surface area (Å²) in [5.41, 5.74) is 4.88. The monoisotopic (exact) mass is 162 g/mol. The standard InChI is InChI=1S/C10H12NO/c1-12-11-9-5-8-10-6-3-2-4-7-10/h2-8H,9H2,1H3/b8-5+. The highest BCUT2D eigenvalue weighted by atomic mass is 16.6. The first kappa shape index (κ1) is 8.97. The van der Waals surface area contributed by atoms with E-state index in [-0.39, 0.29) is 0 Å². The van der Waals surface area contributed by atoms with Gasteiger partial charge in [0.1, 0.15) is 0 Å². The van der Waals surface area contributed by atoms with Crippen LogP contribution in [0.3, 0.4) is 0 Å². The Kier molecular flexibility index (Phi) is 4.13. The van der Waals surface area contributed by atoms with E-state index >= 15 is 0 Å². The topological polar surface area (TPSA) is 23.3 Å². The van der Waals surface area contributed by atoms with E-state index in [1.807, 2.05) is 42.5 Å². The van der Waals surface area contributed by atoms with Crippen molar-refractivity contribution in [1.82, 2.24) is 5.48 Å². The Bertz CT molecular complexity index is 231. The summed E-state index contributed by atoms with van der Waals surface area (Å²) in [4.78, 5) is 4.55. The summed E-state index contributed by atoms with van der Waals surface area (Å²) in [5, 5.41) is 0. The molecule has 2 nitrogen and oxygen atoms in total. The zero-order chi connectivity index (χ0) is 8.65. The van der Waals surface area contributed by atoms with Crippen LogP contribution < -0.4 is 5.48 Å². The van der Waals surface area contributed by atoms with Gasteiger partial charge in [0.2, 0.25) is 0 Å². The molecule has 1 aromatic rings. The van der Waals surface area contributed by atoms with Gasteiger partial charge in [0.15, 0.2) is 0 Å². The van der Waals surface area contributed by atoms with E-state index in [0.29, 0.717) is 6.54 Å². The van der Waals surface area contributed by atoms with Crippen molar-refractivity contribution in [1.29, 1.82) is 0 Å². The van der Waals surface area contributed by atoms with Crippen molar-refractivity contribution < 1.29 is 4.84 Å². The van der Waals surface area contributed by atoms with E-state index in [9.17, 15) is 0 Å². The van der Waals surface area contributed by atoms with E-state index in [1.165, 1.54) is 5.56 Å². The van der Waals surface area contributed by atoms with Gasteiger partial charge in [0.05, 0.1) is 13.7 Å². The lowest BCUT2D eigenvalue weighted by Crippen LogP contribution is -2.00. The van der Waals surface area contributed by atoms with Crippen LogP contribution >= 0.6 is 0 Å². The largest absolute Gasteiger partial charge is 0.285 e. The van der Waals surface area contributed by atoms with Gasteiger partial charge in [-0.25, -0.2) is 0 Å². The smallest absolute Gasteiger partial charge is 0.0611 e. The Hall–Kier alpha value is -1.12. The number of hydroxylamine groups is 1. The van der Waals surface area contributed by atoms with Gasteiger partial charge >= 0.3 is 0 Å². The zero-order valence-electron chi connectivity index (χ0n) is 7.10. The molecule has 0 N–H and O–H groups in total. The molecule has 0 fully saturated rings. The first-order valence-corrected chi connectivity index (χ1v) is 3.85. The van der Waals surface area contributed by atoms with Crippen LogP contribution in [0.1, 0.15) is 5.56 Å². The van der Waals surface area contributed by atoms with Crippen molar-refractivity contribution in [2.45, 2.75) is 0 Å². The summed E-state index contributed by atoms with van der Waals surface area (Å²) >= 11 is 0. The highest BCUT2D eigenvalue weighted by Gasteiger charge is 1.82. The molecule has 0 heterocycles. The van der Waals surface area contributed by atoms with Crippen molar-refractivity contribution in [2.24, 2.45) is 0 Å². The van der Waals surface area contributed by atoms with Gasteiger partial charge < -0.3 is 0 Å². The molecule has 63 valence electrons. The summed E-state index contributed by atoms with van der Waals surface area (Å²) in [6.07, 6.45) is 3.97. The van der Waals surface area contributed by atoms with Crippen LogP contribution in [0.25, 0.3) is 6.08 Å². The normalized spacial score (nSPS) is 10.8. The quantitative estimate of drug-likeness (QED) is 0.489. The highest BCUT2D eigenvalue weighted by Crippen LogP contribution is 1.99. The molecular formula is C10H12NO. The van der Waals surface area contributed by atoms with E-state index < -0.39 is 0 Å². The molecular weight excluding hydrogens is 150 g/mol. The Balaban J connectivity index is 2.36. The first-order chi connectivity index (χ1) is 5.93. The fourth-order valence-electron chi connectivity index (χ4n) is 0.871. The molecule has 0 spiro atoms.